The summed E-state index contributed by atoms with van der Waals surface area (Å²) in [5, 5.41) is 0. The monoisotopic (exact) mass is 276 g/mol. The van der Waals surface area contributed by atoms with Gasteiger partial charge in [-0.25, -0.2) is 8.42 Å². The molecule has 0 N–H and O–H groups in total. The van der Waals surface area contributed by atoms with E-state index in [-0.39, 0.29) is 11.7 Å². The van der Waals surface area contributed by atoms with E-state index < -0.39 is 15.3 Å². The first-order valence-corrected chi connectivity index (χ1v) is 8.40. The molecule has 0 aromatic carbocycles. The lowest BCUT2D eigenvalue weighted by Gasteiger charge is -2.16. The van der Waals surface area contributed by atoms with Gasteiger partial charge < -0.3 is 4.74 Å². The number of esters is 1. The fourth-order valence-corrected chi connectivity index (χ4v) is 3.39. The minimum Gasteiger partial charge on any atom is -0.465 e. The largest absolute Gasteiger partial charge is 0.465 e. The van der Waals surface area contributed by atoms with Gasteiger partial charge in [-0.2, -0.15) is 0 Å². The highest BCUT2D eigenvalue weighted by Crippen LogP contribution is 2.30. The Balaban J connectivity index is 2.09. The molecule has 106 valence electrons. The van der Waals surface area contributed by atoms with Crippen molar-refractivity contribution in [1.29, 1.82) is 0 Å². The van der Waals surface area contributed by atoms with Crippen LogP contribution in [-0.2, 0) is 19.4 Å². The van der Waals surface area contributed by atoms with Crippen LogP contribution < -0.4 is 0 Å². The van der Waals surface area contributed by atoms with Crippen LogP contribution in [0.2, 0.25) is 0 Å². The van der Waals surface area contributed by atoms with E-state index in [4.69, 9.17) is 4.74 Å². The summed E-state index contributed by atoms with van der Waals surface area (Å²) in [6, 6.07) is 0. The predicted octanol–water partition coefficient (Wildman–Crippen LogP) is 2.18. The molecule has 1 rings (SSSR count). The Morgan fingerprint density at radius 2 is 1.83 bits per heavy atom. The lowest BCUT2D eigenvalue weighted by Crippen LogP contribution is -2.23. The van der Waals surface area contributed by atoms with E-state index >= 15 is 0 Å². The van der Waals surface area contributed by atoms with Gasteiger partial charge in [0.05, 0.1) is 23.5 Å². The minimum absolute atomic E-state index is 0.219. The van der Waals surface area contributed by atoms with Gasteiger partial charge in [-0.05, 0) is 52.4 Å². The molecule has 1 aliphatic rings. The molecule has 0 heterocycles. The maximum absolute atomic E-state index is 11.6. The Hall–Kier alpha value is -0.580. The molecule has 1 saturated carbocycles. The molecule has 4 nitrogen and oxygen atoms in total. The van der Waals surface area contributed by atoms with Gasteiger partial charge in [0.15, 0.2) is 9.84 Å². The SMILES string of the molecule is CC(C)(C)C(=O)OCCCCS(=O)(=O)CC1CC1. The molecule has 0 unspecified atom stereocenters. The minimum atomic E-state index is -2.89. The van der Waals surface area contributed by atoms with Crippen molar-refractivity contribution in [3.05, 3.63) is 0 Å². The second kappa shape index (κ2) is 6.04. The van der Waals surface area contributed by atoms with Gasteiger partial charge in [-0.1, -0.05) is 0 Å². The number of ether oxygens (including phenoxy) is 1. The quantitative estimate of drug-likeness (QED) is 0.528. The van der Waals surface area contributed by atoms with E-state index in [1.54, 1.807) is 20.8 Å². The number of unbranched alkanes of at least 4 members (excludes halogenated alkanes) is 1. The molecular weight excluding hydrogens is 252 g/mol. The van der Waals surface area contributed by atoms with Gasteiger partial charge in [0, 0.05) is 0 Å². The van der Waals surface area contributed by atoms with Crippen LogP contribution >= 0.6 is 0 Å². The molecule has 0 saturated heterocycles. The van der Waals surface area contributed by atoms with Crippen LogP contribution in [0.4, 0.5) is 0 Å². The summed E-state index contributed by atoms with van der Waals surface area (Å²) in [4.78, 5) is 11.4. The third kappa shape index (κ3) is 6.38. The molecule has 1 fully saturated rings. The van der Waals surface area contributed by atoms with Crippen LogP contribution in [-0.4, -0.2) is 32.5 Å². The van der Waals surface area contributed by atoms with Crippen LogP contribution in [0.1, 0.15) is 46.5 Å². The van der Waals surface area contributed by atoms with Crippen LogP contribution in [0.25, 0.3) is 0 Å². The van der Waals surface area contributed by atoms with Crippen molar-refractivity contribution in [3.63, 3.8) is 0 Å². The molecule has 1 aliphatic carbocycles. The van der Waals surface area contributed by atoms with Crippen molar-refractivity contribution in [2.75, 3.05) is 18.1 Å². The highest BCUT2D eigenvalue weighted by Gasteiger charge is 2.27. The average molecular weight is 276 g/mol. The molecule has 0 aliphatic heterocycles. The second-order valence-electron chi connectivity index (χ2n) is 6.15. The van der Waals surface area contributed by atoms with Crippen LogP contribution in [0, 0.1) is 11.3 Å². The van der Waals surface area contributed by atoms with Gasteiger partial charge in [-0.15, -0.1) is 0 Å². The smallest absolute Gasteiger partial charge is 0.311 e. The molecule has 0 spiro atoms. The van der Waals surface area contributed by atoms with Crippen molar-refractivity contribution in [2.24, 2.45) is 11.3 Å². The molecule has 5 heteroatoms. The lowest BCUT2D eigenvalue weighted by atomic mass is 9.97. The van der Waals surface area contributed by atoms with Crippen molar-refractivity contribution >= 4 is 15.8 Å². The Morgan fingerprint density at radius 3 is 2.33 bits per heavy atom. The molecule has 18 heavy (non-hydrogen) atoms. The van der Waals surface area contributed by atoms with Crippen LogP contribution in [0.3, 0.4) is 0 Å². The van der Waals surface area contributed by atoms with Crippen LogP contribution in [0.5, 0.6) is 0 Å². The number of hydrogen-bond acceptors (Lipinski definition) is 4. The molecule has 0 aromatic rings. The van der Waals surface area contributed by atoms with Gasteiger partial charge in [-0.3, -0.25) is 4.79 Å². The van der Waals surface area contributed by atoms with Crippen molar-refractivity contribution in [1.82, 2.24) is 0 Å². The number of carbonyl (C=O) groups excluding carboxylic acids is 1. The van der Waals surface area contributed by atoms with Gasteiger partial charge in [0.1, 0.15) is 0 Å². The number of hydrogen-bond donors (Lipinski definition) is 0. The van der Waals surface area contributed by atoms with Crippen molar-refractivity contribution in [3.8, 4) is 0 Å². The third-order valence-electron chi connectivity index (χ3n) is 2.88. The van der Waals surface area contributed by atoms with Gasteiger partial charge in [0.2, 0.25) is 0 Å². The first kappa shape index (κ1) is 15.5. The van der Waals surface area contributed by atoms with E-state index in [2.05, 4.69) is 0 Å². The summed E-state index contributed by atoms with van der Waals surface area (Å²) in [5.74, 6) is 0.739. The first-order valence-electron chi connectivity index (χ1n) is 6.58. The predicted molar refractivity (Wildman–Crippen MR) is 71.0 cm³/mol. The van der Waals surface area contributed by atoms with E-state index in [1.165, 1.54) is 0 Å². The topological polar surface area (TPSA) is 60.4 Å². The highest BCUT2D eigenvalue weighted by molar-refractivity contribution is 7.91. The molecular formula is C13H24O4S. The summed E-state index contributed by atoms with van der Waals surface area (Å²) in [6.07, 6.45) is 3.31. The van der Waals surface area contributed by atoms with Crippen molar-refractivity contribution in [2.45, 2.75) is 46.5 Å². The van der Waals surface area contributed by atoms with Gasteiger partial charge >= 0.3 is 5.97 Å². The zero-order chi connectivity index (χ0) is 13.8. The standard InChI is InChI=1S/C13H24O4S/c1-13(2,3)12(14)17-8-4-5-9-18(15,16)10-11-6-7-11/h11H,4-10H2,1-3H3. The maximum Gasteiger partial charge on any atom is 0.311 e. The van der Waals surface area contributed by atoms with Crippen molar-refractivity contribution < 1.29 is 17.9 Å². The fraction of sp³-hybridized carbons (Fsp3) is 0.923. The van der Waals surface area contributed by atoms with E-state index in [0.29, 0.717) is 31.1 Å². The summed E-state index contributed by atoms with van der Waals surface area (Å²) in [7, 11) is -2.89. The fourth-order valence-electron chi connectivity index (χ4n) is 1.53. The Labute approximate surface area is 110 Å². The molecule has 0 radical (unpaired) electrons. The average Bonchev–Trinajstić information content (AvgIpc) is 2.98. The first-order chi connectivity index (χ1) is 8.21. The van der Waals surface area contributed by atoms with E-state index in [9.17, 15) is 13.2 Å². The molecule has 0 amide bonds. The summed E-state index contributed by atoms with van der Waals surface area (Å²) >= 11 is 0. The lowest BCUT2D eigenvalue weighted by molar-refractivity contribution is -0.153. The summed E-state index contributed by atoms with van der Waals surface area (Å²) in [6.45, 7) is 5.72. The molecule has 0 bridgehead atoms. The van der Waals surface area contributed by atoms with E-state index in [1.807, 2.05) is 0 Å². The Kier molecular flexibility index (Phi) is 5.20. The molecule has 0 atom stereocenters. The summed E-state index contributed by atoms with van der Waals surface area (Å²) < 4.78 is 28.3. The normalized spacial score (nSPS) is 16.6. The molecule has 0 aromatic heterocycles. The number of carbonyl (C=O) groups is 1. The van der Waals surface area contributed by atoms with E-state index in [0.717, 1.165) is 12.8 Å². The number of sulfone groups is 1. The Morgan fingerprint density at radius 1 is 1.22 bits per heavy atom. The number of rotatable bonds is 7. The maximum atomic E-state index is 11.6. The summed E-state index contributed by atoms with van der Waals surface area (Å²) in [5.41, 5.74) is -0.488. The zero-order valence-corrected chi connectivity index (χ0v) is 12.4. The van der Waals surface area contributed by atoms with Gasteiger partial charge in [0.25, 0.3) is 0 Å². The van der Waals surface area contributed by atoms with Crippen LogP contribution in [0.15, 0.2) is 0 Å². The highest BCUT2D eigenvalue weighted by atomic mass is 32.2. The zero-order valence-electron chi connectivity index (χ0n) is 11.6. The third-order valence-corrected chi connectivity index (χ3v) is 4.77. The Bertz CT molecular complexity index is 374. The second-order valence-corrected chi connectivity index (χ2v) is 8.38.